The predicted octanol–water partition coefficient (Wildman–Crippen LogP) is 5.76. The number of nitrogens with zero attached hydrogens (tertiary/aromatic N) is 5. The number of hydrogen-bond acceptors (Lipinski definition) is 7. The minimum absolute atomic E-state index is 0.104. The number of aryl methyl sites for hydroxylation is 2. The summed E-state index contributed by atoms with van der Waals surface area (Å²) in [5, 5.41) is 11.7. The van der Waals surface area contributed by atoms with E-state index >= 15 is 0 Å². The highest BCUT2D eigenvalue weighted by Gasteiger charge is 2.50. The summed E-state index contributed by atoms with van der Waals surface area (Å²) in [5.74, 6) is 3.59. The molecule has 0 radical (unpaired) electrons. The Hall–Kier alpha value is -4.51. The van der Waals surface area contributed by atoms with Crippen molar-refractivity contribution in [1.29, 1.82) is 0 Å². The van der Waals surface area contributed by atoms with Crippen LogP contribution in [0.4, 0.5) is 5.82 Å². The number of pyridine rings is 2. The van der Waals surface area contributed by atoms with E-state index in [1.807, 2.05) is 36.9 Å². The first-order valence-corrected chi connectivity index (χ1v) is 19.7. The number of aromatic amines is 1. The molecule has 1 saturated heterocycles. The highest BCUT2D eigenvalue weighted by molar-refractivity contribution is 6.08. The molecule has 280 valence electrons. The molecular formula is C42H54N8O3. The molecule has 0 atom stereocenters. The van der Waals surface area contributed by atoms with Crippen LogP contribution in [0.1, 0.15) is 92.0 Å². The van der Waals surface area contributed by atoms with Gasteiger partial charge in [-0.1, -0.05) is 0 Å². The third-order valence-corrected chi connectivity index (χ3v) is 12.6. The molecule has 5 aliphatic rings. The first kappa shape index (κ1) is 35.5. The van der Waals surface area contributed by atoms with Crippen LogP contribution in [0.15, 0.2) is 47.5 Å². The smallest absolute Gasteiger partial charge is 0.253 e. The van der Waals surface area contributed by atoms with Crippen LogP contribution in [-0.2, 0) is 11.3 Å². The quantitative estimate of drug-likeness (QED) is 0.180. The van der Waals surface area contributed by atoms with Crippen LogP contribution in [0.3, 0.4) is 0 Å². The number of amides is 2. The van der Waals surface area contributed by atoms with Gasteiger partial charge in [0.05, 0.1) is 17.3 Å². The van der Waals surface area contributed by atoms with Crippen LogP contribution in [-0.4, -0.2) is 75.7 Å². The van der Waals surface area contributed by atoms with E-state index in [2.05, 4.69) is 62.6 Å². The predicted molar refractivity (Wildman–Crippen MR) is 208 cm³/mol. The third-order valence-electron chi connectivity index (χ3n) is 12.6. The first-order chi connectivity index (χ1) is 25.5. The summed E-state index contributed by atoms with van der Waals surface area (Å²) >= 11 is 0. The molecule has 4 saturated carbocycles. The number of aromatic nitrogens is 4. The molecule has 1 aliphatic heterocycles. The molecule has 0 spiro atoms. The van der Waals surface area contributed by atoms with Gasteiger partial charge in [0.2, 0.25) is 5.91 Å². The van der Waals surface area contributed by atoms with Gasteiger partial charge in [-0.15, -0.1) is 0 Å². The highest BCUT2D eigenvalue weighted by Crippen LogP contribution is 2.59. The number of fused-ring (bicyclic) bond motifs is 1. The van der Waals surface area contributed by atoms with E-state index in [4.69, 9.17) is 4.98 Å². The van der Waals surface area contributed by atoms with E-state index in [9.17, 15) is 14.4 Å². The average molecular weight is 719 g/mol. The average Bonchev–Trinajstić information content (AvgIpc) is 3.57. The summed E-state index contributed by atoms with van der Waals surface area (Å²) < 4.78 is 1.93. The number of anilines is 1. The molecule has 3 aromatic heterocycles. The van der Waals surface area contributed by atoms with Gasteiger partial charge in [-0.05, 0) is 131 Å². The maximum atomic E-state index is 13.7. The van der Waals surface area contributed by atoms with Gasteiger partial charge in [0.25, 0.3) is 11.5 Å². The summed E-state index contributed by atoms with van der Waals surface area (Å²) in [4.78, 5) is 51.6. The van der Waals surface area contributed by atoms with Gasteiger partial charge >= 0.3 is 0 Å². The number of rotatable bonds is 11. The van der Waals surface area contributed by atoms with Crippen LogP contribution in [0.25, 0.3) is 22.0 Å². The standard InChI is InChI=1S/C42H54N8O3/c1-26(2)50-37-18-33(17-34(36(37)24-46-50)40(52)44-23-35-27(3)13-28(4)47-41(35)53)32-5-6-38(43-22-32)49-11-9-48(10-12-49)8-7-39(51)45-25-42-19-29-14-30(20-42)16-31(15-29)21-42/h5-6,13,17-18,22,24,26,29-31H,7-12,14-16,19-21,23,25H2,1-4H3,(H,44,52)(H,45,51)(H,47,53). The fraction of sp³-hybridized carbons (Fsp3) is 0.548. The van der Waals surface area contributed by atoms with Crippen LogP contribution >= 0.6 is 0 Å². The zero-order chi connectivity index (χ0) is 36.9. The molecule has 4 aliphatic carbocycles. The minimum Gasteiger partial charge on any atom is -0.356 e. The molecule has 1 aromatic carbocycles. The number of benzene rings is 1. The second kappa shape index (κ2) is 14.4. The molecule has 11 heteroatoms. The Labute approximate surface area is 311 Å². The lowest BCUT2D eigenvalue weighted by Gasteiger charge is -2.56. The largest absolute Gasteiger partial charge is 0.356 e. The summed E-state index contributed by atoms with van der Waals surface area (Å²) in [6.07, 6.45) is 12.5. The van der Waals surface area contributed by atoms with Crippen molar-refractivity contribution in [2.45, 2.75) is 85.2 Å². The van der Waals surface area contributed by atoms with Gasteiger partial charge in [0, 0.05) is 86.7 Å². The number of nitrogens with one attached hydrogen (secondary N) is 3. The number of H-pyrrole nitrogens is 1. The molecule has 3 N–H and O–H groups in total. The van der Waals surface area contributed by atoms with Crippen LogP contribution in [0.2, 0.25) is 0 Å². The maximum Gasteiger partial charge on any atom is 0.253 e. The molecule has 5 fully saturated rings. The van der Waals surface area contributed by atoms with Gasteiger partial charge in [-0.25, -0.2) is 4.98 Å². The molecule has 11 nitrogen and oxygen atoms in total. The molecule has 4 heterocycles. The Balaban J connectivity index is 0.883. The number of piperazine rings is 1. The minimum atomic E-state index is -0.262. The lowest BCUT2D eigenvalue weighted by atomic mass is 9.49. The molecule has 53 heavy (non-hydrogen) atoms. The van der Waals surface area contributed by atoms with Crippen LogP contribution in [0.5, 0.6) is 0 Å². The summed E-state index contributed by atoms with van der Waals surface area (Å²) in [7, 11) is 0. The lowest BCUT2D eigenvalue weighted by molar-refractivity contribution is -0.123. The normalized spacial score (nSPS) is 23.9. The second-order valence-electron chi connectivity index (χ2n) is 16.9. The lowest BCUT2D eigenvalue weighted by Crippen LogP contribution is -2.51. The third kappa shape index (κ3) is 7.37. The fourth-order valence-corrected chi connectivity index (χ4v) is 10.4. The number of hydrogen-bond donors (Lipinski definition) is 3. The zero-order valence-corrected chi connectivity index (χ0v) is 31.7. The molecular weight excluding hydrogens is 665 g/mol. The van der Waals surface area contributed by atoms with Crippen LogP contribution in [0, 0.1) is 37.0 Å². The monoisotopic (exact) mass is 718 g/mol. The van der Waals surface area contributed by atoms with Crippen molar-refractivity contribution in [1.82, 2.24) is 35.3 Å². The second-order valence-corrected chi connectivity index (χ2v) is 16.9. The van der Waals surface area contributed by atoms with Gasteiger partial charge in [0.15, 0.2) is 0 Å². The van der Waals surface area contributed by atoms with Gasteiger partial charge in [0.1, 0.15) is 5.82 Å². The van der Waals surface area contributed by atoms with E-state index in [-0.39, 0.29) is 30.0 Å². The van der Waals surface area contributed by atoms with E-state index in [1.54, 1.807) is 6.20 Å². The molecule has 2 amide bonds. The van der Waals surface area contributed by atoms with Crippen molar-refractivity contribution in [2.75, 3.05) is 44.2 Å². The number of carbonyl (C=O) groups excluding carboxylic acids is 2. The summed E-state index contributed by atoms with van der Waals surface area (Å²) in [6, 6.07) is 10.1. The van der Waals surface area contributed by atoms with Crippen molar-refractivity contribution >= 4 is 28.5 Å². The van der Waals surface area contributed by atoms with E-state index < -0.39 is 0 Å². The molecule has 9 rings (SSSR count). The SMILES string of the molecule is Cc1cc(C)c(CNC(=O)c2cc(-c3ccc(N4CCN(CCC(=O)NCC56CC7CC(CC(C7)C5)C6)CC4)nc3)cc3c2cnn3C(C)C)c(=O)[nH]1. The highest BCUT2D eigenvalue weighted by atomic mass is 16.2. The fourth-order valence-electron chi connectivity index (χ4n) is 10.4. The molecule has 4 bridgehead atoms. The van der Waals surface area contributed by atoms with E-state index in [0.29, 0.717) is 23.0 Å². The van der Waals surface area contributed by atoms with E-state index in [1.165, 1.54) is 38.5 Å². The topological polar surface area (TPSA) is 128 Å². The Bertz CT molecular complexity index is 2020. The van der Waals surface area contributed by atoms with Gasteiger partial charge < -0.3 is 20.5 Å². The maximum absolute atomic E-state index is 13.7. The molecule has 0 unspecified atom stereocenters. The van der Waals surface area contributed by atoms with E-state index in [0.717, 1.165) is 96.1 Å². The van der Waals surface area contributed by atoms with Crippen molar-refractivity contribution in [2.24, 2.45) is 23.2 Å². The zero-order valence-electron chi connectivity index (χ0n) is 31.7. The Kier molecular flexibility index (Phi) is 9.64. The Morgan fingerprint density at radius 1 is 0.925 bits per heavy atom. The van der Waals surface area contributed by atoms with Crippen molar-refractivity contribution in [3.63, 3.8) is 0 Å². The van der Waals surface area contributed by atoms with Gasteiger partial charge in [-0.3, -0.25) is 24.0 Å². The summed E-state index contributed by atoms with van der Waals surface area (Å²) in [6.45, 7) is 13.2. The van der Waals surface area contributed by atoms with Crippen molar-refractivity contribution in [3.05, 3.63) is 75.5 Å². The molecule has 4 aromatic rings. The van der Waals surface area contributed by atoms with Crippen molar-refractivity contribution in [3.8, 4) is 11.1 Å². The number of carbonyl (C=O) groups is 2. The van der Waals surface area contributed by atoms with Crippen LogP contribution < -0.4 is 21.1 Å². The Morgan fingerprint density at radius 2 is 1.64 bits per heavy atom. The van der Waals surface area contributed by atoms with Gasteiger partial charge in [-0.2, -0.15) is 5.10 Å². The summed E-state index contributed by atoms with van der Waals surface area (Å²) in [5.41, 5.74) is 5.52. The van der Waals surface area contributed by atoms with Crippen molar-refractivity contribution < 1.29 is 9.59 Å². The Morgan fingerprint density at radius 3 is 2.28 bits per heavy atom. The first-order valence-electron chi connectivity index (χ1n) is 19.7.